The molecule has 2 amide bonds. The molecule has 4 rings (SSSR count). The lowest BCUT2D eigenvalue weighted by Crippen LogP contribution is -2.58. The Morgan fingerprint density at radius 2 is 1.70 bits per heavy atom. The minimum absolute atomic E-state index is 0.138. The van der Waals surface area contributed by atoms with E-state index >= 15 is 0 Å². The van der Waals surface area contributed by atoms with Gasteiger partial charge in [0.1, 0.15) is 6.04 Å². The molecule has 1 aliphatic rings. The van der Waals surface area contributed by atoms with Crippen LogP contribution in [0.1, 0.15) is 27.2 Å². The molecule has 7 nitrogen and oxygen atoms in total. The number of nitrogens with one attached hydrogen (secondary N) is 1. The summed E-state index contributed by atoms with van der Waals surface area (Å²) in [4.78, 5) is 38.3. The van der Waals surface area contributed by atoms with Crippen molar-refractivity contribution in [3.8, 4) is 11.1 Å². The summed E-state index contributed by atoms with van der Waals surface area (Å²) in [5, 5.41) is 2.90. The van der Waals surface area contributed by atoms with Crippen LogP contribution in [0.15, 0.2) is 54.7 Å². The Hall–Kier alpha value is -3.74. The number of anilines is 1. The normalized spacial score (nSPS) is 15.8. The van der Waals surface area contributed by atoms with E-state index in [9.17, 15) is 9.59 Å². The van der Waals surface area contributed by atoms with Gasteiger partial charge in [-0.05, 0) is 30.5 Å². The minimum atomic E-state index is -0.579. The zero-order valence-electron chi connectivity index (χ0n) is 19.5. The third-order valence-electron chi connectivity index (χ3n) is 5.96. The van der Waals surface area contributed by atoms with Crippen molar-refractivity contribution in [2.24, 2.45) is 0 Å². The summed E-state index contributed by atoms with van der Waals surface area (Å²) in [7, 11) is 3.71. The highest BCUT2D eigenvalue weighted by Crippen LogP contribution is 2.22. The maximum absolute atomic E-state index is 13.4. The van der Waals surface area contributed by atoms with Gasteiger partial charge in [-0.1, -0.05) is 54.1 Å². The first-order valence-corrected chi connectivity index (χ1v) is 11.1. The fourth-order valence-electron chi connectivity index (χ4n) is 4.00. The van der Waals surface area contributed by atoms with Crippen LogP contribution in [0.2, 0.25) is 0 Å². The van der Waals surface area contributed by atoms with Crippen molar-refractivity contribution < 1.29 is 9.59 Å². The predicted molar refractivity (Wildman–Crippen MR) is 129 cm³/mol. The molecule has 0 radical (unpaired) electrons. The molecule has 7 heteroatoms. The molecular formula is C26H29N5O2. The summed E-state index contributed by atoms with van der Waals surface area (Å²) in [6.45, 7) is 4.75. The van der Waals surface area contributed by atoms with E-state index in [1.54, 1.807) is 22.9 Å². The van der Waals surface area contributed by atoms with Crippen LogP contribution in [0.5, 0.6) is 0 Å². The van der Waals surface area contributed by atoms with E-state index in [2.05, 4.69) is 58.6 Å². The van der Waals surface area contributed by atoms with Gasteiger partial charge in [0.15, 0.2) is 0 Å². The molecule has 0 spiro atoms. The Bertz CT molecular complexity index is 1160. The first-order chi connectivity index (χ1) is 15.8. The second kappa shape index (κ2) is 9.40. The third-order valence-corrected chi connectivity index (χ3v) is 5.96. The molecule has 2 aromatic carbocycles. The van der Waals surface area contributed by atoms with Crippen LogP contribution in [-0.4, -0.2) is 59.9 Å². The van der Waals surface area contributed by atoms with Gasteiger partial charge < -0.3 is 15.1 Å². The first kappa shape index (κ1) is 22.5. The van der Waals surface area contributed by atoms with Gasteiger partial charge >= 0.3 is 0 Å². The number of hydrogen-bond donors (Lipinski definition) is 1. The third kappa shape index (κ3) is 4.87. The van der Waals surface area contributed by atoms with Crippen LogP contribution in [-0.2, 0) is 11.2 Å². The van der Waals surface area contributed by atoms with Crippen LogP contribution in [0.3, 0.4) is 0 Å². The molecule has 1 saturated heterocycles. The lowest BCUT2D eigenvalue weighted by molar-refractivity contribution is -0.127. The topological polar surface area (TPSA) is 78.4 Å². The maximum atomic E-state index is 13.4. The van der Waals surface area contributed by atoms with Gasteiger partial charge in [-0.15, -0.1) is 0 Å². The van der Waals surface area contributed by atoms with Crippen molar-refractivity contribution in [2.45, 2.75) is 26.3 Å². The summed E-state index contributed by atoms with van der Waals surface area (Å²) in [5.41, 5.74) is 5.52. The minimum Gasteiger partial charge on any atom is -0.353 e. The van der Waals surface area contributed by atoms with E-state index in [-0.39, 0.29) is 11.8 Å². The zero-order valence-corrected chi connectivity index (χ0v) is 19.5. The fourth-order valence-corrected chi connectivity index (χ4v) is 4.00. The Morgan fingerprint density at radius 3 is 2.30 bits per heavy atom. The van der Waals surface area contributed by atoms with E-state index in [4.69, 9.17) is 0 Å². The Morgan fingerprint density at radius 1 is 1.06 bits per heavy atom. The molecule has 1 fully saturated rings. The number of piperazine rings is 1. The maximum Gasteiger partial charge on any atom is 0.258 e. The molecule has 1 aliphatic heterocycles. The number of hydrogen-bond acceptors (Lipinski definition) is 5. The quantitative estimate of drug-likeness (QED) is 0.656. The van der Waals surface area contributed by atoms with E-state index in [0.717, 1.165) is 16.7 Å². The molecule has 2 heterocycles. The number of aryl methyl sites for hydroxylation is 2. The van der Waals surface area contributed by atoms with Gasteiger partial charge in [0.2, 0.25) is 11.9 Å². The van der Waals surface area contributed by atoms with E-state index < -0.39 is 6.04 Å². The van der Waals surface area contributed by atoms with Crippen molar-refractivity contribution >= 4 is 17.8 Å². The molecule has 170 valence electrons. The largest absolute Gasteiger partial charge is 0.353 e. The fraction of sp³-hybridized carbons (Fsp3) is 0.308. The van der Waals surface area contributed by atoms with Crippen LogP contribution in [0, 0.1) is 13.8 Å². The zero-order chi connectivity index (χ0) is 23.5. The van der Waals surface area contributed by atoms with Crippen LogP contribution < -0.4 is 10.2 Å². The monoisotopic (exact) mass is 443 g/mol. The van der Waals surface area contributed by atoms with E-state index in [0.29, 0.717) is 36.7 Å². The van der Waals surface area contributed by atoms with Crippen LogP contribution in [0.4, 0.5) is 5.95 Å². The Kier molecular flexibility index (Phi) is 6.40. The van der Waals surface area contributed by atoms with Crippen molar-refractivity contribution in [1.29, 1.82) is 0 Å². The summed E-state index contributed by atoms with van der Waals surface area (Å²) >= 11 is 0. The van der Waals surface area contributed by atoms with Crippen molar-refractivity contribution in [1.82, 2.24) is 20.2 Å². The molecule has 0 bridgehead atoms. The molecular weight excluding hydrogens is 414 g/mol. The van der Waals surface area contributed by atoms with Crippen molar-refractivity contribution in [3.05, 3.63) is 77.1 Å². The molecule has 0 unspecified atom stereocenters. The predicted octanol–water partition coefficient (Wildman–Crippen LogP) is 3.01. The SMILES string of the molecule is Cc1ccc(-c2ccc(C[C@H]3C(=O)NCCN3C(=O)c3cnc(N(C)C)nc3C)cc2)cc1. The standard InChI is InChI=1S/C26H29N5O2/c1-17-5-9-20(10-6-17)21-11-7-19(8-12-21)15-23-24(32)27-13-14-31(23)25(33)22-16-28-26(30(3)4)29-18(22)2/h5-12,16,23H,13-15H2,1-4H3,(H,27,32)/t23-/m0/s1. The van der Waals surface area contributed by atoms with Crippen molar-refractivity contribution in [3.63, 3.8) is 0 Å². The van der Waals surface area contributed by atoms with E-state index in [1.165, 1.54) is 5.56 Å². The first-order valence-electron chi connectivity index (χ1n) is 11.1. The highest BCUT2D eigenvalue weighted by atomic mass is 16.2. The van der Waals surface area contributed by atoms with E-state index in [1.807, 2.05) is 26.2 Å². The molecule has 33 heavy (non-hydrogen) atoms. The van der Waals surface area contributed by atoms with Gasteiger partial charge in [0, 0.05) is 39.8 Å². The number of nitrogens with zero attached hydrogens (tertiary/aromatic N) is 4. The average Bonchev–Trinajstić information content (AvgIpc) is 2.81. The molecule has 1 N–H and O–H groups in total. The van der Waals surface area contributed by atoms with Crippen LogP contribution >= 0.6 is 0 Å². The summed E-state index contributed by atoms with van der Waals surface area (Å²) in [6.07, 6.45) is 2.00. The second-order valence-corrected chi connectivity index (χ2v) is 8.64. The Labute approximate surface area is 194 Å². The van der Waals surface area contributed by atoms with Gasteiger partial charge in [0.05, 0.1) is 11.3 Å². The number of carbonyl (C=O) groups excluding carboxylic acids is 2. The van der Waals surface area contributed by atoms with Gasteiger partial charge in [0.25, 0.3) is 5.91 Å². The summed E-state index contributed by atoms with van der Waals surface area (Å²) in [5.74, 6) is 0.195. The molecule has 0 aliphatic carbocycles. The second-order valence-electron chi connectivity index (χ2n) is 8.64. The molecule has 1 aromatic heterocycles. The lowest BCUT2D eigenvalue weighted by Gasteiger charge is -2.35. The Balaban J connectivity index is 1.55. The van der Waals surface area contributed by atoms with Gasteiger partial charge in [-0.2, -0.15) is 0 Å². The number of amides is 2. The van der Waals surface area contributed by atoms with Crippen molar-refractivity contribution in [2.75, 3.05) is 32.1 Å². The number of benzene rings is 2. The molecule has 0 saturated carbocycles. The number of aromatic nitrogens is 2. The number of rotatable bonds is 5. The molecule has 1 atom stereocenters. The van der Waals surface area contributed by atoms with Gasteiger partial charge in [-0.25, -0.2) is 9.97 Å². The summed E-state index contributed by atoms with van der Waals surface area (Å²) < 4.78 is 0. The highest BCUT2D eigenvalue weighted by molar-refractivity contribution is 5.99. The highest BCUT2D eigenvalue weighted by Gasteiger charge is 2.34. The average molecular weight is 444 g/mol. The number of carbonyl (C=O) groups is 2. The van der Waals surface area contributed by atoms with Gasteiger partial charge in [-0.3, -0.25) is 9.59 Å². The molecule has 3 aromatic rings. The smallest absolute Gasteiger partial charge is 0.258 e. The van der Waals surface area contributed by atoms with Crippen LogP contribution in [0.25, 0.3) is 11.1 Å². The summed E-state index contributed by atoms with van der Waals surface area (Å²) in [6, 6.07) is 16.0. The lowest BCUT2D eigenvalue weighted by atomic mass is 9.98.